The van der Waals surface area contributed by atoms with E-state index in [1.807, 2.05) is 0 Å². The fraction of sp³-hybridized carbons (Fsp3) is 0.333. The van der Waals surface area contributed by atoms with Crippen LogP contribution in [0.25, 0.3) is 0 Å². The Labute approximate surface area is 78.8 Å². The lowest BCUT2D eigenvalue weighted by Crippen LogP contribution is -2.24. The minimum Gasteiger partial charge on any atom is -0.289 e. The zero-order chi connectivity index (χ0) is 10.8. The predicted molar refractivity (Wildman–Crippen MR) is 43.7 cm³/mol. The molecule has 76 valence electrons. The van der Waals surface area contributed by atoms with Crippen molar-refractivity contribution in [1.82, 2.24) is 4.98 Å². The van der Waals surface area contributed by atoms with Gasteiger partial charge in [-0.2, -0.15) is 13.2 Å². The summed E-state index contributed by atoms with van der Waals surface area (Å²) >= 11 is 0. The molecule has 0 spiro atoms. The number of carbonyl (C=O) groups is 1. The third-order valence-corrected chi connectivity index (χ3v) is 1.61. The van der Waals surface area contributed by atoms with Crippen molar-refractivity contribution >= 4 is 5.78 Å². The van der Waals surface area contributed by atoms with Crippen molar-refractivity contribution in [3.8, 4) is 0 Å². The van der Waals surface area contributed by atoms with Gasteiger partial charge in [-0.05, 0) is 18.1 Å². The van der Waals surface area contributed by atoms with Crippen LogP contribution in [0.1, 0.15) is 11.1 Å². The first-order chi connectivity index (χ1) is 6.39. The van der Waals surface area contributed by atoms with Crippen LogP contribution in [-0.2, 0) is 11.2 Å². The Morgan fingerprint density at radius 1 is 1.43 bits per heavy atom. The van der Waals surface area contributed by atoms with E-state index in [9.17, 15) is 18.0 Å². The van der Waals surface area contributed by atoms with Gasteiger partial charge in [0.25, 0.3) is 0 Å². The molecule has 0 saturated heterocycles. The second-order valence-electron chi connectivity index (χ2n) is 2.97. The van der Waals surface area contributed by atoms with Gasteiger partial charge in [0.15, 0.2) is 0 Å². The third-order valence-electron chi connectivity index (χ3n) is 1.61. The molecule has 1 aromatic rings. The third kappa shape index (κ3) is 2.83. The first kappa shape index (κ1) is 10.7. The lowest BCUT2D eigenvalue weighted by Gasteiger charge is -2.04. The Hall–Kier alpha value is -1.39. The van der Waals surface area contributed by atoms with Crippen molar-refractivity contribution in [2.45, 2.75) is 19.5 Å². The fourth-order valence-electron chi connectivity index (χ4n) is 1.000. The summed E-state index contributed by atoms with van der Waals surface area (Å²) in [4.78, 5) is 14.3. The maximum atomic E-state index is 11.9. The van der Waals surface area contributed by atoms with Crippen molar-refractivity contribution < 1.29 is 18.0 Å². The molecule has 0 saturated carbocycles. The molecule has 1 aromatic heterocycles. The maximum absolute atomic E-state index is 11.9. The molecule has 14 heavy (non-hydrogen) atoms. The Kier molecular flexibility index (Phi) is 2.88. The number of pyridine rings is 1. The van der Waals surface area contributed by atoms with Crippen molar-refractivity contribution in [2.75, 3.05) is 0 Å². The van der Waals surface area contributed by atoms with Gasteiger partial charge in [-0.15, -0.1) is 0 Å². The summed E-state index contributed by atoms with van der Waals surface area (Å²) in [5.74, 6) is -1.75. The molecule has 0 bridgehead atoms. The zero-order valence-electron chi connectivity index (χ0n) is 7.43. The molecular formula is C9H8F3NO. The van der Waals surface area contributed by atoms with Gasteiger partial charge in [0.05, 0.1) is 0 Å². The molecule has 0 aromatic carbocycles. The van der Waals surface area contributed by atoms with E-state index in [0.29, 0.717) is 0 Å². The molecular weight excluding hydrogens is 195 g/mol. The molecule has 2 nitrogen and oxygen atoms in total. The molecule has 0 aliphatic rings. The van der Waals surface area contributed by atoms with E-state index in [2.05, 4.69) is 4.98 Å². The van der Waals surface area contributed by atoms with E-state index >= 15 is 0 Å². The number of hydrogen-bond acceptors (Lipinski definition) is 2. The van der Waals surface area contributed by atoms with Crippen LogP contribution in [0, 0.1) is 6.92 Å². The molecule has 1 rings (SSSR count). The molecule has 0 fully saturated rings. The highest BCUT2D eigenvalue weighted by molar-refractivity contribution is 5.86. The van der Waals surface area contributed by atoms with E-state index in [1.165, 1.54) is 18.5 Å². The second kappa shape index (κ2) is 3.77. The van der Waals surface area contributed by atoms with Crippen molar-refractivity contribution in [1.29, 1.82) is 0 Å². The molecule has 0 aliphatic heterocycles. The molecule has 1 heterocycles. The standard InChI is InChI=1S/C9H8F3NO/c1-6-2-7(5-13-4-6)3-8(14)9(10,11)12/h2,4-5H,3H2,1H3. The van der Waals surface area contributed by atoms with Crippen LogP contribution in [0.5, 0.6) is 0 Å². The number of rotatable bonds is 2. The van der Waals surface area contributed by atoms with Gasteiger partial charge in [-0.1, -0.05) is 6.07 Å². The fourth-order valence-corrected chi connectivity index (χ4v) is 1.000. The summed E-state index contributed by atoms with van der Waals surface area (Å²) in [6.45, 7) is 1.70. The van der Waals surface area contributed by atoms with E-state index in [0.717, 1.165) is 5.56 Å². The van der Waals surface area contributed by atoms with Gasteiger partial charge >= 0.3 is 6.18 Å². The van der Waals surface area contributed by atoms with Crippen LogP contribution in [0.15, 0.2) is 18.5 Å². The number of ketones is 1. The lowest BCUT2D eigenvalue weighted by molar-refractivity contribution is -0.170. The molecule has 0 atom stereocenters. The molecule has 0 unspecified atom stereocenters. The highest BCUT2D eigenvalue weighted by Gasteiger charge is 2.37. The van der Waals surface area contributed by atoms with E-state index in [1.54, 1.807) is 6.92 Å². The Morgan fingerprint density at radius 2 is 2.07 bits per heavy atom. The first-order valence-corrected chi connectivity index (χ1v) is 3.90. The highest BCUT2D eigenvalue weighted by atomic mass is 19.4. The van der Waals surface area contributed by atoms with E-state index in [-0.39, 0.29) is 5.56 Å². The average Bonchev–Trinajstić information content (AvgIpc) is 2.02. The van der Waals surface area contributed by atoms with Crippen molar-refractivity contribution in [3.63, 3.8) is 0 Å². The number of carbonyl (C=O) groups excluding carboxylic acids is 1. The van der Waals surface area contributed by atoms with Crippen LogP contribution < -0.4 is 0 Å². The number of Topliss-reactive ketones (excluding diaryl/α,β-unsaturated/α-hetero) is 1. The number of nitrogens with zero attached hydrogens (tertiary/aromatic N) is 1. The number of aryl methyl sites for hydroxylation is 1. The highest BCUT2D eigenvalue weighted by Crippen LogP contribution is 2.18. The van der Waals surface area contributed by atoms with Gasteiger partial charge < -0.3 is 0 Å². The van der Waals surface area contributed by atoms with E-state index in [4.69, 9.17) is 0 Å². The number of halogens is 3. The number of alkyl halides is 3. The summed E-state index contributed by atoms with van der Waals surface area (Å²) < 4.78 is 35.6. The maximum Gasteiger partial charge on any atom is 0.450 e. The van der Waals surface area contributed by atoms with Crippen LogP contribution in [0.2, 0.25) is 0 Å². The van der Waals surface area contributed by atoms with Crippen molar-refractivity contribution in [3.05, 3.63) is 29.6 Å². The number of aromatic nitrogens is 1. The van der Waals surface area contributed by atoms with Gasteiger partial charge in [0, 0.05) is 18.8 Å². The SMILES string of the molecule is Cc1cncc(CC(=O)C(F)(F)F)c1. The zero-order valence-corrected chi connectivity index (χ0v) is 7.43. The topological polar surface area (TPSA) is 30.0 Å². The van der Waals surface area contributed by atoms with Gasteiger partial charge in [-0.3, -0.25) is 9.78 Å². The second-order valence-corrected chi connectivity index (χ2v) is 2.97. The summed E-state index contributed by atoms with van der Waals surface area (Å²) in [7, 11) is 0. The van der Waals surface area contributed by atoms with Crippen LogP contribution in [0.3, 0.4) is 0 Å². The van der Waals surface area contributed by atoms with E-state index < -0.39 is 18.4 Å². The van der Waals surface area contributed by atoms with Gasteiger partial charge in [-0.25, -0.2) is 0 Å². The largest absolute Gasteiger partial charge is 0.450 e. The molecule has 0 aliphatic carbocycles. The quantitative estimate of drug-likeness (QED) is 0.736. The van der Waals surface area contributed by atoms with Gasteiger partial charge in [0.1, 0.15) is 0 Å². The van der Waals surface area contributed by atoms with Crippen LogP contribution in [0.4, 0.5) is 13.2 Å². The normalized spacial score (nSPS) is 11.4. The first-order valence-electron chi connectivity index (χ1n) is 3.90. The summed E-state index contributed by atoms with van der Waals surface area (Å²) in [5.41, 5.74) is 1.02. The molecule has 0 N–H and O–H groups in total. The smallest absolute Gasteiger partial charge is 0.289 e. The average molecular weight is 203 g/mol. The van der Waals surface area contributed by atoms with Crippen LogP contribution >= 0.6 is 0 Å². The predicted octanol–water partition coefficient (Wildman–Crippen LogP) is 2.06. The Balaban J connectivity index is 2.75. The summed E-state index contributed by atoms with van der Waals surface area (Å²) in [5, 5.41) is 0. The number of hydrogen-bond donors (Lipinski definition) is 0. The summed E-state index contributed by atoms with van der Waals surface area (Å²) in [6.07, 6.45) is -2.62. The Morgan fingerprint density at radius 3 is 2.57 bits per heavy atom. The monoisotopic (exact) mass is 203 g/mol. The lowest BCUT2D eigenvalue weighted by atomic mass is 10.1. The molecule has 5 heteroatoms. The summed E-state index contributed by atoms with van der Waals surface area (Å²) in [6, 6.07) is 1.51. The molecule has 0 radical (unpaired) electrons. The minimum absolute atomic E-state index is 0.285. The van der Waals surface area contributed by atoms with Crippen molar-refractivity contribution in [2.24, 2.45) is 0 Å². The van der Waals surface area contributed by atoms with Gasteiger partial charge in [0.2, 0.25) is 5.78 Å². The molecule has 0 amide bonds. The minimum atomic E-state index is -4.76. The van der Waals surface area contributed by atoms with Crippen LogP contribution in [-0.4, -0.2) is 16.9 Å². The Bertz CT molecular complexity index is 346.